The molecule has 0 amide bonds. The molecule has 0 aromatic rings. The van der Waals surface area contributed by atoms with Crippen LogP contribution in [0.5, 0.6) is 0 Å². The predicted octanol–water partition coefficient (Wildman–Crippen LogP) is 0.403. The second kappa shape index (κ2) is 3.30. The van der Waals surface area contributed by atoms with Gasteiger partial charge in [-0.1, -0.05) is 6.92 Å². The standard InChI is InChI=1S/C8H12N2OS/c1-3-12(2,11)10-6-8(7-10)4-5-9/h4H,2-3,6-7H2,1H3. The van der Waals surface area contributed by atoms with Crippen molar-refractivity contribution >= 4 is 15.6 Å². The van der Waals surface area contributed by atoms with E-state index in [4.69, 9.17) is 5.26 Å². The number of nitriles is 1. The molecule has 1 fully saturated rings. The van der Waals surface area contributed by atoms with E-state index in [0.29, 0.717) is 18.8 Å². The molecule has 0 aliphatic carbocycles. The first kappa shape index (κ1) is 9.30. The van der Waals surface area contributed by atoms with Gasteiger partial charge in [-0.15, -0.1) is 0 Å². The monoisotopic (exact) mass is 184 g/mol. The van der Waals surface area contributed by atoms with Crippen LogP contribution in [0.4, 0.5) is 0 Å². The SMILES string of the molecule is C=S(=O)(CC)N1CC(=CC#N)C1. The summed E-state index contributed by atoms with van der Waals surface area (Å²) in [6, 6.07) is 1.96. The molecule has 0 radical (unpaired) electrons. The summed E-state index contributed by atoms with van der Waals surface area (Å²) in [5.74, 6) is 4.22. The molecule has 12 heavy (non-hydrogen) atoms. The predicted molar refractivity (Wildman–Crippen MR) is 51.1 cm³/mol. The van der Waals surface area contributed by atoms with Crippen molar-refractivity contribution in [2.24, 2.45) is 0 Å². The molecular formula is C8H12N2OS. The van der Waals surface area contributed by atoms with E-state index >= 15 is 0 Å². The molecule has 4 heteroatoms. The van der Waals surface area contributed by atoms with Crippen molar-refractivity contribution in [3.05, 3.63) is 11.6 Å². The molecule has 1 unspecified atom stereocenters. The van der Waals surface area contributed by atoms with Gasteiger partial charge in [0.2, 0.25) is 0 Å². The Kier molecular flexibility index (Phi) is 2.55. The Bertz CT molecular complexity index is 327. The molecule has 1 aliphatic rings. The zero-order valence-electron chi connectivity index (χ0n) is 7.12. The van der Waals surface area contributed by atoms with E-state index in [1.807, 2.05) is 17.3 Å². The van der Waals surface area contributed by atoms with Gasteiger partial charge in [-0.3, -0.25) is 4.21 Å². The number of hydrogen-bond acceptors (Lipinski definition) is 2. The van der Waals surface area contributed by atoms with Gasteiger partial charge in [0.05, 0.1) is 6.07 Å². The van der Waals surface area contributed by atoms with E-state index in [1.165, 1.54) is 6.08 Å². The summed E-state index contributed by atoms with van der Waals surface area (Å²) in [6.07, 6.45) is 1.52. The number of allylic oxidation sites excluding steroid dienone is 1. The molecule has 0 N–H and O–H groups in total. The van der Waals surface area contributed by atoms with Crippen molar-refractivity contribution in [3.63, 3.8) is 0 Å². The first-order valence-corrected chi connectivity index (χ1v) is 5.63. The quantitative estimate of drug-likeness (QED) is 0.460. The number of nitrogens with zero attached hydrogens (tertiary/aromatic N) is 2. The molecule has 0 saturated carbocycles. The first-order chi connectivity index (χ1) is 5.60. The van der Waals surface area contributed by atoms with Crippen molar-refractivity contribution in [2.45, 2.75) is 6.92 Å². The van der Waals surface area contributed by atoms with Crippen LogP contribution in [0.2, 0.25) is 0 Å². The fourth-order valence-corrected chi connectivity index (χ4v) is 2.17. The summed E-state index contributed by atoms with van der Waals surface area (Å²) < 4.78 is 13.4. The third kappa shape index (κ3) is 1.68. The third-order valence-electron chi connectivity index (χ3n) is 1.95. The summed E-state index contributed by atoms with van der Waals surface area (Å²) in [7, 11) is -2.03. The van der Waals surface area contributed by atoms with Crippen LogP contribution in [0.15, 0.2) is 11.6 Å². The zero-order chi connectivity index (χ0) is 9.19. The Hall–Kier alpha value is -0.790. The van der Waals surface area contributed by atoms with E-state index in [0.717, 1.165) is 5.57 Å². The van der Waals surface area contributed by atoms with E-state index in [1.54, 1.807) is 0 Å². The van der Waals surface area contributed by atoms with Crippen LogP contribution in [0.25, 0.3) is 0 Å². The summed E-state index contributed by atoms with van der Waals surface area (Å²) in [4.78, 5) is 0. The molecule has 0 bridgehead atoms. The van der Waals surface area contributed by atoms with Crippen molar-refractivity contribution in [3.8, 4) is 6.07 Å². The minimum absolute atomic E-state index is 0.576. The molecule has 0 spiro atoms. The minimum Gasteiger partial charge on any atom is -0.253 e. The summed E-state index contributed by atoms with van der Waals surface area (Å²) >= 11 is 0. The largest absolute Gasteiger partial charge is 0.253 e. The van der Waals surface area contributed by atoms with E-state index in [9.17, 15) is 4.21 Å². The second-order valence-electron chi connectivity index (χ2n) is 2.79. The Labute approximate surface area is 73.4 Å². The fourth-order valence-electron chi connectivity index (χ4n) is 1.01. The molecule has 0 aromatic carbocycles. The zero-order valence-corrected chi connectivity index (χ0v) is 7.93. The van der Waals surface area contributed by atoms with Crippen molar-refractivity contribution in [1.82, 2.24) is 4.31 Å². The van der Waals surface area contributed by atoms with Crippen LogP contribution in [0, 0.1) is 11.3 Å². The average Bonchev–Trinajstić information content (AvgIpc) is 1.95. The highest BCUT2D eigenvalue weighted by atomic mass is 32.2. The van der Waals surface area contributed by atoms with Crippen molar-refractivity contribution in [1.29, 1.82) is 5.26 Å². The van der Waals surface area contributed by atoms with Crippen molar-refractivity contribution < 1.29 is 4.21 Å². The van der Waals surface area contributed by atoms with Gasteiger partial charge in [0.25, 0.3) is 0 Å². The lowest BCUT2D eigenvalue weighted by atomic mass is 10.1. The topological polar surface area (TPSA) is 44.1 Å². The maximum atomic E-state index is 11.6. The Morgan fingerprint density at radius 1 is 1.83 bits per heavy atom. The van der Waals surface area contributed by atoms with Gasteiger partial charge in [0.1, 0.15) is 0 Å². The smallest absolute Gasteiger partial charge is 0.0912 e. The molecule has 1 heterocycles. The van der Waals surface area contributed by atoms with E-state index in [2.05, 4.69) is 5.87 Å². The molecule has 1 aliphatic heterocycles. The lowest BCUT2D eigenvalue weighted by Gasteiger charge is -2.35. The third-order valence-corrected chi connectivity index (χ3v) is 4.05. The highest BCUT2D eigenvalue weighted by Gasteiger charge is 2.25. The fraction of sp³-hybridized carbons (Fsp3) is 0.500. The van der Waals surface area contributed by atoms with Crippen LogP contribution in [-0.2, 0) is 9.71 Å². The molecule has 1 rings (SSSR count). The molecule has 1 saturated heterocycles. The second-order valence-corrected chi connectivity index (χ2v) is 5.43. The average molecular weight is 184 g/mol. The first-order valence-electron chi connectivity index (χ1n) is 3.77. The van der Waals surface area contributed by atoms with Gasteiger partial charge < -0.3 is 0 Å². The number of hydrogen-bond donors (Lipinski definition) is 0. The molecule has 1 atom stereocenters. The maximum absolute atomic E-state index is 11.6. The summed E-state index contributed by atoms with van der Waals surface area (Å²) in [6.45, 7) is 3.15. The molecular weight excluding hydrogens is 172 g/mol. The summed E-state index contributed by atoms with van der Waals surface area (Å²) in [5, 5.41) is 8.32. The van der Waals surface area contributed by atoms with Gasteiger partial charge in [-0.25, -0.2) is 4.31 Å². The van der Waals surface area contributed by atoms with Crippen LogP contribution >= 0.6 is 0 Å². The molecule has 3 nitrogen and oxygen atoms in total. The number of rotatable bonds is 2. The van der Waals surface area contributed by atoms with Crippen LogP contribution in [0.1, 0.15) is 6.92 Å². The molecule has 66 valence electrons. The van der Waals surface area contributed by atoms with E-state index < -0.39 is 9.71 Å². The van der Waals surface area contributed by atoms with Gasteiger partial charge in [-0.05, 0) is 11.4 Å². The Morgan fingerprint density at radius 3 is 2.83 bits per heavy atom. The Balaban J connectivity index is 2.57. The van der Waals surface area contributed by atoms with Gasteiger partial charge in [0, 0.05) is 34.6 Å². The highest BCUT2D eigenvalue weighted by Crippen LogP contribution is 2.18. The normalized spacial score (nSPS) is 22.2. The van der Waals surface area contributed by atoms with E-state index in [-0.39, 0.29) is 0 Å². The minimum atomic E-state index is -2.03. The van der Waals surface area contributed by atoms with Gasteiger partial charge in [0.15, 0.2) is 0 Å². The highest BCUT2D eigenvalue weighted by molar-refractivity contribution is 7.98. The molecule has 0 aromatic heterocycles. The van der Waals surface area contributed by atoms with Crippen LogP contribution in [0.3, 0.4) is 0 Å². The van der Waals surface area contributed by atoms with Crippen LogP contribution < -0.4 is 0 Å². The van der Waals surface area contributed by atoms with Gasteiger partial charge in [-0.2, -0.15) is 5.26 Å². The summed E-state index contributed by atoms with van der Waals surface area (Å²) in [5.41, 5.74) is 1.04. The lowest BCUT2D eigenvalue weighted by molar-refractivity contribution is 0.421. The lowest BCUT2D eigenvalue weighted by Crippen LogP contribution is -2.44. The van der Waals surface area contributed by atoms with Gasteiger partial charge >= 0.3 is 0 Å². The maximum Gasteiger partial charge on any atom is 0.0912 e. The van der Waals surface area contributed by atoms with Crippen molar-refractivity contribution in [2.75, 3.05) is 18.8 Å². The van der Waals surface area contributed by atoms with Crippen LogP contribution in [-0.4, -0.2) is 33.2 Å². The Morgan fingerprint density at radius 2 is 2.42 bits per heavy atom.